The van der Waals surface area contributed by atoms with E-state index in [1.54, 1.807) is 6.92 Å². The molecule has 6 heteroatoms. The van der Waals surface area contributed by atoms with Crippen LogP contribution in [0.5, 0.6) is 0 Å². The SMILES string of the molecule is C[C@@H](CN)NS(=O)(=O)c1ccc(F)cc1. The highest BCUT2D eigenvalue weighted by Crippen LogP contribution is 2.09. The maximum absolute atomic E-state index is 12.6. The lowest BCUT2D eigenvalue weighted by Gasteiger charge is -2.11. The lowest BCUT2D eigenvalue weighted by Crippen LogP contribution is -2.37. The van der Waals surface area contributed by atoms with Crippen molar-refractivity contribution in [1.82, 2.24) is 4.72 Å². The maximum atomic E-state index is 12.6. The Kier molecular flexibility index (Phi) is 3.78. The summed E-state index contributed by atoms with van der Waals surface area (Å²) in [5.74, 6) is -0.471. The first-order valence-electron chi connectivity index (χ1n) is 4.43. The minimum atomic E-state index is -3.59. The summed E-state index contributed by atoms with van der Waals surface area (Å²) in [6.45, 7) is 1.86. The van der Waals surface area contributed by atoms with Crippen molar-refractivity contribution in [3.05, 3.63) is 30.1 Å². The highest BCUT2D eigenvalue weighted by molar-refractivity contribution is 7.89. The monoisotopic (exact) mass is 232 g/mol. The Balaban J connectivity index is 2.91. The van der Waals surface area contributed by atoms with Crippen molar-refractivity contribution in [2.45, 2.75) is 17.9 Å². The molecule has 0 aliphatic heterocycles. The standard InChI is InChI=1S/C9H13FN2O2S/c1-7(6-11)12-15(13,14)9-4-2-8(10)3-5-9/h2-5,7,12H,6,11H2,1H3/t7-/m0/s1. The van der Waals surface area contributed by atoms with Crippen molar-refractivity contribution in [2.24, 2.45) is 5.73 Å². The Labute approximate surface area is 88.3 Å². The van der Waals surface area contributed by atoms with Crippen LogP contribution in [0.1, 0.15) is 6.92 Å². The van der Waals surface area contributed by atoms with Gasteiger partial charge < -0.3 is 5.73 Å². The van der Waals surface area contributed by atoms with Crippen LogP contribution in [0.15, 0.2) is 29.2 Å². The van der Waals surface area contributed by atoms with Crippen LogP contribution >= 0.6 is 0 Å². The molecule has 0 amide bonds. The van der Waals surface area contributed by atoms with E-state index in [4.69, 9.17) is 5.73 Å². The van der Waals surface area contributed by atoms with E-state index < -0.39 is 15.8 Å². The van der Waals surface area contributed by atoms with Gasteiger partial charge in [0.05, 0.1) is 4.90 Å². The quantitative estimate of drug-likeness (QED) is 0.791. The molecule has 0 aromatic heterocycles. The van der Waals surface area contributed by atoms with Crippen LogP contribution in [0.2, 0.25) is 0 Å². The van der Waals surface area contributed by atoms with Gasteiger partial charge in [-0.1, -0.05) is 0 Å². The molecule has 0 aliphatic rings. The number of hydrogen-bond donors (Lipinski definition) is 2. The van der Waals surface area contributed by atoms with Crippen LogP contribution in [0, 0.1) is 5.82 Å². The van der Waals surface area contributed by atoms with Gasteiger partial charge in [0.1, 0.15) is 5.82 Å². The fourth-order valence-corrected chi connectivity index (χ4v) is 2.25. The lowest BCUT2D eigenvalue weighted by atomic mass is 10.4. The Morgan fingerprint density at radius 1 is 1.40 bits per heavy atom. The third-order valence-corrected chi connectivity index (χ3v) is 3.44. The zero-order chi connectivity index (χ0) is 11.5. The molecule has 0 aliphatic carbocycles. The van der Waals surface area contributed by atoms with Gasteiger partial charge >= 0.3 is 0 Å². The third kappa shape index (κ3) is 3.26. The molecule has 1 aromatic carbocycles. The molecule has 0 saturated heterocycles. The molecule has 1 atom stereocenters. The highest BCUT2D eigenvalue weighted by atomic mass is 32.2. The molecule has 0 radical (unpaired) electrons. The largest absolute Gasteiger partial charge is 0.329 e. The van der Waals surface area contributed by atoms with E-state index in [-0.39, 0.29) is 17.5 Å². The fourth-order valence-electron chi connectivity index (χ4n) is 0.995. The highest BCUT2D eigenvalue weighted by Gasteiger charge is 2.16. The van der Waals surface area contributed by atoms with E-state index in [1.807, 2.05) is 0 Å². The van der Waals surface area contributed by atoms with Gasteiger partial charge in [0.25, 0.3) is 0 Å². The van der Waals surface area contributed by atoms with Gasteiger partial charge in [0.15, 0.2) is 0 Å². The van der Waals surface area contributed by atoms with Crippen LogP contribution in [0.25, 0.3) is 0 Å². The first kappa shape index (κ1) is 12.1. The molecule has 0 unspecified atom stereocenters. The van der Waals surface area contributed by atoms with Gasteiger partial charge in [-0.3, -0.25) is 0 Å². The Bertz CT molecular complexity index is 416. The zero-order valence-electron chi connectivity index (χ0n) is 8.27. The van der Waals surface area contributed by atoms with Crippen LogP contribution < -0.4 is 10.5 Å². The molecular weight excluding hydrogens is 219 g/mol. The molecule has 84 valence electrons. The lowest BCUT2D eigenvalue weighted by molar-refractivity contribution is 0.562. The predicted octanol–water partition coefficient (Wildman–Crippen LogP) is 0.451. The van der Waals surface area contributed by atoms with Crippen molar-refractivity contribution in [1.29, 1.82) is 0 Å². The number of benzene rings is 1. The summed E-state index contributed by atoms with van der Waals surface area (Å²) in [5.41, 5.74) is 5.29. The fraction of sp³-hybridized carbons (Fsp3) is 0.333. The first-order valence-corrected chi connectivity index (χ1v) is 5.92. The molecule has 15 heavy (non-hydrogen) atoms. The second kappa shape index (κ2) is 4.69. The molecule has 0 heterocycles. The Hall–Kier alpha value is -0.980. The molecule has 1 aromatic rings. The van der Waals surface area contributed by atoms with Gasteiger partial charge in [-0.05, 0) is 31.2 Å². The van der Waals surface area contributed by atoms with E-state index in [1.165, 1.54) is 12.1 Å². The van der Waals surface area contributed by atoms with Crippen molar-refractivity contribution < 1.29 is 12.8 Å². The van der Waals surface area contributed by atoms with E-state index in [9.17, 15) is 12.8 Å². The summed E-state index contributed by atoms with van der Waals surface area (Å²) in [7, 11) is -3.59. The van der Waals surface area contributed by atoms with Gasteiger partial charge in [-0.15, -0.1) is 0 Å². The molecule has 0 bridgehead atoms. The van der Waals surface area contributed by atoms with Crippen LogP contribution in [-0.2, 0) is 10.0 Å². The van der Waals surface area contributed by atoms with E-state index in [0.717, 1.165) is 12.1 Å². The van der Waals surface area contributed by atoms with Crippen molar-refractivity contribution in [3.63, 3.8) is 0 Å². The molecule has 0 fully saturated rings. The summed E-state index contributed by atoms with van der Waals surface area (Å²) in [4.78, 5) is 0.0317. The zero-order valence-corrected chi connectivity index (χ0v) is 9.09. The topological polar surface area (TPSA) is 72.2 Å². The second-order valence-electron chi connectivity index (χ2n) is 3.21. The summed E-state index contributed by atoms with van der Waals surface area (Å²) in [5, 5.41) is 0. The number of hydrogen-bond acceptors (Lipinski definition) is 3. The molecule has 1 rings (SSSR count). The van der Waals surface area contributed by atoms with E-state index in [2.05, 4.69) is 4.72 Å². The van der Waals surface area contributed by atoms with Crippen molar-refractivity contribution >= 4 is 10.0 Å². The van der Waals surface area contributed by atoms with Crippen molar-refractivity contribution in [2.75, 3.05) is 6.54 Å². The minimum Gasteiger partial charge on any atom is -0.329 e. The predicted molar refractivity (Wildman–Crippen MR) is 55.2 cm³/mol. The number of sulfonamides is 1. The number of nitrogens with two attached hydrogens (primary N) is 1. The van der Waals surface area contributed by atoms with Crippen LogP contribution in [0.4, 0.5) is 4.39 Å². The molecule has 4 nitrogen and oxygen atoms in total. The second-order valence-corrected chi connectivity index (χ2v) is 4.93. The first-order chi connectivity index (χ1) is 6.95. The van der Waals surface area contributed by atoms with Gasteiger partial charge in [-0.2, -0.15) is 0 Å². The Morgan fingerprint density at radius 2 is 1.93 bits per heavy atom. The van der Waals surface area contributed by atoms with Gasteiger partial charge in [0, 0.05) is 12.6 Å². The van der Waals surface area contributed by atoms with Gasteiger partial charge in [0.2, 0.25) is 10.0 Å². The maximum Gasteiger partial charge on any atom is 0.240 e. The number of halogens is 1. The molecular formula is C9H13FN2O2S. The summed E-state index contributed by atoms with van der Waals surface area (Å²) < 4.78 is 38.2. The number of rotatable bonds is 4. The van der Waals surface area contributed by atoms with Crippen molar-refractivity contribution in [3.8, 4) is 0 Å². The smallest absolute Gasteiger partial charge is 0.240 e. The summed E-state index contributed by atoms with van der Waals surface area (Å²) >= 11 is 0. The molecule has 0 spiro atoms. The minimum absolute atomic E-state index is 0.0317. The van der Waals surface area contributed by atoms with Gasteiger partial charge in [-0.25, -0.2) is 17.5 Å². The average molecular weight is 232 g/mol. The molecule has 3 N–H and O–H groups in total. The van der Waals surface area contributed by atoms with Crippen LogP contribution in [0.3, 0.4) is 0 Å². The summed E-state index contributed by atoms with van der Waals surface area (Å²) in [6.07, 6.45) is 0. The van der Waals surface area contributed by atoms with E-state index in [0.29, 0.717) is 0 Å². The van der Waals surface area contributed by atoms with Crippen LogP contribution in [-0.4, -0.2) is 21.0 Å². The molecule has 0 saturated carbocycles. The average Bonchev–Trinajstić information content (AvgIpc) is 2.17. The van der Waals surface area contributed by atoms with E-state index >= 15 is 0 Å². The normalized spacial score (nSPS) is 13.8. The Morgan fingerprint density at radius 3 is 2.40 bits per heavy atom. The number of nitrogens with one attached hydrogen (secondary N) is 1. The summed E-state index contributed by atoms with van der Waals surface area (Å²) in [6, 6.07) is 4.27. The third-order valence-electron chi connectivity index (χ3n) is 1.83.